The van der Waals surface area contributed by atoms with Crippen LogP contribution in [0, 0.1) is 5.41 Å². The van der Waals surface area contributed by atoms with Crippen molar-refractivity contribution in [1.82, 2.24) is 0 Å². The summed E-state index contributed by atoms with van der Waals surface area (Å²) in [5, 5.41) is 0. The van der Waals surface area contributed by atoms with Crippen LogP contribution in [0.25, 0.3) is 5.57 Å². The molecular weight excluding hydrogens is 216 g/mol. The van der Waals surface area contributed by atoms with Crippen LogP contribution in [0.4, 0.5) is 0 Å². The van der Waals surface area contributed by atoms with Crippen LogP contribution in [0.5, 0.6) is 0 Å². The molecule has 1 aromatic rings. The second-order valence-corrected chi connectivity index (χ2v) is 6.26. The third-order valence-corrected chi connectivity index (χ3v) is 3.86. The third-order valence-electron chi connectivity index (χ3n) is 3.86. The van der Waals surface area contributed by atoms with Gasteiger partial charge in [0.2, 0.25) is 0 Å². The van der Waals surface area contributed by atoms with Crippen molar-refractivity contribution in [3.8, 4) is 0 Å². The number of benzene rings is 1. The molecule has 0 heteroatoms. The van der Waals surface area contributed by atoms with Crippen LogP contribution in [0.1, 0.15) is 38.3 Å². The van der Waals surface area contributed by atoms with Crippen LogP contribution in [0.15, 0.2) is 53.6 Å². The van der Waals surface area contributed by atoms with Gasteiger partial charge in [-0.15, -0.1) is 0 Å². The van der Waals surface area contributed by atoms with Crippen LogP contribution < -0.4 is 0 Å². The molecule has 0 spiro atoms. The van der Waals surface area contributed by atoms with E-state index in [1.165, 1.54) is 16.7 Å². The zero-order chi connectivity index (χ0) is 12.8. The first-order valence-electron chi connectivity index (χ1n) is 6.75. The van der Waals surface area contributed by atoms with Crippen LogP contribution >= 0.6 is 0 Å². The highest BCUT2D eigenvalue weighted by molar-refractivity contribution is 5.82. The lowest BCUT2D eigenvalue weighted by atomic mass is 9.80. The molecule has 0 N–H and O–H groups in total. The summed E-state index contributed by atoms with van der Waals surface area (Å²) >= 11 is 0. The lowest BCUT2D eigenvalue weighted by molar-refractivity contribution is 0.565. The van der Waals surface area contributed by atoms with Crippen molar-refractivity contribution in [2.24, 2.45) is 5.41 Å². The first-order chi connectivity index (χ1) is 8.57. The molecule has 0 amide bonds. The van der Waals surface area contributed by atoms with Gasteiger partial charge in [-0.05, 0) is 46.1 Å². The van der Waals surface area contributed by atoms with Gasteiger partial charge >= 0.3 is 0 Å². The van der Waals surface area contributed by atoms with Crippen molar-refractivity contribution in [2.45, 2.75) is 33.6 Å². The van der Waals surface area contributed by atoms with Crippen LogP contribution in [-0.4, -0.2) is 0 Å². The number of fused-ring (bicyclic) bond motifs is 1. The molecule has 0 aliphatic heterocycles. The molecule has 0 bridgehead atoms. The highest BCUT2D eigenvalue weighted by Crippen LogP contribution is 2.46. The lowest BCUT2D eigenvalue weighted by Crippen LogP contribution is -2.09. The zero-order valence-electron chi connectivity index (χ0n) is 11.5. The molecule has 0 atom stereocenters. The molecule has 1 aromatic carbocycles. The molecule has 92 valence electrons. The van der Waals surface area contributed by atoms with E-state index in [0.717, 1.165) is 12.8 Å². The van der Waals surface area contributed by atoms with Gasteiger partial charge in [0.25, 0.3) is 0 Å². The van der Waals surface area contributed by atoms with Crippen molar-refractivity contribution in [2.75, 3.05) is 0 Å². The standard InChI is InChI=1S/C18H20/c1-18(2,3)17-15-11-7-6-10-14(15)12-16(17)13-8-4-5-9-13/h4-8,10-11H,9,12H2,1-3H3. The normalized spacial score (nSPS) is 18.3. The number of rotatable bonds is 1. The zero-order valence-corrected chi connectivity index (χ0v) is 11.5. The summed E-state index contributed by atoms with van der Waals surface area (Å²) in [7, 11) is 0. The van der Waals surface area contributed by atoms with Gasteiger partial charge in [0.15, 0.2) is 0 Å². The van der Waals surface area contributed by atoms with Crippen LogP contribution in [-0.2, 0) is 6.42 Å². The Hall–Kier alpha value is -1.56. The monoisotopic (exact) mass is 236 g/mol. The molecule has 0 heterocycles. The van der Waals surface area contributed by atoms with Gasteiger partial charge in [0, 0.05) is 0 Å². The van der Waals surface area contributed by atoms with Gasteiger partial charge in [-0.25, -0.2) is 0 Å². The fraction of sp³-hybridized carbons (Fsp3) is 0.333. The Kier molecular flexibility index (Phi) is 2.55. The first-order valence-corrected chi connectivity index (χ1v) is 6.75. The smallest absolute Gasteiger partial charge is 0.00137 e. The predicted octanol–water partition coefficient (Wildman–Crippen LogP) is 4.93. The Bertz CT molecular complexity index is 574. The largest absolute Gasteiger partial charge is 0.0801 e. The van der Waals surface area contributed by atoms with Crippen LogP contribution in [0.3, 0.4) is 0 Å². The summed E-state index contributed by atoms with van der Waals surface area (Å²) in [6, 6.07) is 8.88. The molecule has 2 aliphatic carbocycles. The molecule has 0 nitrogen and oxygen atoms in total. The minimum absolute atomic E-state index is 0.214. The van der Waals surface area contributed by atoms with Crippen molar-refractivity contribution in [1.29, 1.82) is 0 Å². The van der Waals surface area contributed by atoms with Gasteiger partial charge in [0.05, 0.1) is 0 Å². The molecule has 0 unspecified atom stereocenters. The Morgan fingerprint density at radius 1 is 1.06 bits per heavy atom. The molecule has 0 saturated heterocycles. The summed E-state index contributed by atoms with van der Waals surface area (Å²) in [6.45, 7) is 6.98. The molecular formula is C18H20. The van der Waals surface area contributed by atoms with Gasteiger partial charge < -0.3 is 0 Å². The van der Waals surface area contributed by atoms with E-state index in [0.29, 0.717) is 0 Å². The second-order valence-electron chi connectivity index (χ2n) is 6.26. The number of allylic oxidation sites excluding steroid dienone is 6. The molecule has 0 radical (unpaired) electrons. The number of hydrogen-bond acceptors (Lipinski definition) is 0. The summed E-state index contributed by atoms with van der Waals surface area (Å²) in [6.07, 6.45) is 8.93. The van der Waals surface area contributed by atoms with Crippen molar-refractivity contribution >= 4 is 5.57 Å². The highest BCUT2D eigenvalue weighted by Gasteiger charge is 2.30. The minimum Gasteiger partial charge on any atom is -0.0801 e. The van der Waals surface area contributed by atoms with Gasteiger partial charge in [-0.3, -0.25) is 0 Å². The van der Waals surface area contributed by atoms with E-state index in [2.05, 4.69) is 63.3 Å². The van der Waals surface area contributed by atoms with E-state index in [4.69, 9.17) is 0 Å². The fourth-order valence-electron chi connectivity index (χ4n) is 3.16. The summed E-state index contributed by atoms with van der Waals surface area (Å²) in [4.78, 5) is 0. The highest BCUT2D eigenvalue weighted by atomic mass is 14.3. The molecule has 0 fully saturated rings. The minimum atomic E-state index is 0.214. The summed E-state index contributed by atoms with van der Waals surface area (Å²) in [5.74, 6) is 0. The molecule has 3 rings (SSSR count). The Morgan fingerprint density at radius 2 is 1.83 bits per heavy atom. The van der Waals surface area contributed by atoms with Crippen LogP contribution in [0.2, 0.25) is 0 Å². The average molecular weight is 236 g/mol. The number of hydrogen-bond donors (Lipinski definition) is 0. The van der Waals surface area contributed by atoms with E-state index in [1.807, 2.05) is 0 Å². The van der Waals surface area contributed by atoms with Crippen molar-refractivity contribution in [3.05, 3.63) is 64.8 Å². The SMILES string of the molecule is CC(C)(C)C1=C(C2=CC=CC2)Cc2ccccc21. The maximum absolute atomic E-state index is 2.33. The first kappa shape index (κ1) is 11.5. The molecule has 18 heavy (non-hydrogen) atoms. The van der Waals surface area contributed by atoms with E-state index in [1.54, 1.807) is 11.1 Å². The van der Waals surface area contributed by atoms with Gasteiger partial charge in [-0.2, -0.15) is 0 Å². The van der Waals surface area contributed by atoms with Crippen molar-refractivity contribution in [3.63, 3.8) is 0 Å². The molecule has 2 aliphatic rings. The van der Waals surface area contributed by atoms with E-state index in [-0.39, 0.29) is 5.41 Å². The summed E-state index contributed by atoms with van der Waals surface area (Å²) in [5.41, 5.74) is 7.79. The quantitative estimate of drug-likeness (QED) is 0.648. The maximum atomic E-state index is 2.33. The summed E-state index contributed by atoms with van der Waals surface area (Å²) < 4.78 is 0. The fourth-order valence-corrected chi connectivity index (χ4v) is 3.16. The Morgan fingerprint density at radius 3 is 2.50 bits per heavy atom. The second kappa shape index (κ2) is 3.98. The predicted molar refractivity (Wildman–Crippen MR) is 78.4 cm³/mol. The third kappa shape index (κ3) is 1.77. The Balaban J connectivity index is 2.16. The van der Waals surface area contributed by atoms with Gasteiger partial charge in [-0.1, -0.05) is 63.3 Å². The lowest BCUT2D eigenvalue weighted by Gasteiger charge is -2.24. The van der Waals surface area contributed by atoms with Gasteiger partial charge in [0.1, 0.15) is 0 Å². The average Bonchev–Trinajstić information content (AvgIpc) is 2.94. The van der Waals surface area contributed by atoms with E-state index in [9.17, 15) is 0 Å². The molecule has 0 aromatic heterocycles. The maximum Gasteiger partial charge on any atom is -0.00137 e. The molecule has 0 saturated carbocycles. The van der Waals surface area contributed by atoms with E-state index < -0.39 is 0 Å². The Labute approximate surface area is 110 Å². The van der Waals surface area contributed by atoms with E-state index >= 15 is 0 Å². The van der Waals surface area contributed by atoms with Crippen molar-refractivity contribution < 1.29 is 0 Å². The topological polar surface area (TPSA) is 0 Å².